The summed E-state index contributed by atoms with van der Waals surface area (Å²) in [5, 5.41) is 11.0. The number of nitrogens with one attached hydrogen (secondary N) is 2. The van der Waals surface area contributed by atoms with Gasteiger partial charge in [-0.3, -0.25) is 4.99 Å². The van der Waals surface area contributed by atoms with Crippen molar-refractivity contribution in [3.8, 4) is 16.9 Å². The summed E-state index contributed by atoms with van der Waals surface area (Å²) in [6.07, 6.45) is 3.28. The summed E-state index contributed by atoms with van der Waals surface area (Å²) in [6.45, 7) is 2.03. The topological polar surface area (TPSA) is 76.4 Å². The molecule has 7 heteroatoms. The van der Waals surface area contributed by atoms with E-state index in [0.29, 0.717) is 19.6 Å². The number of hydrogen-bond donors (Lipinski definition) is 2. The van der Waals surface area contributed by atoms with Crippen molar-refractivity contribution in [3.63, 3.8) is 0 Å². The van der Waals surface area contributed by atoms with E-state index in [4.69, 9.17) is 4.74 Å². The van der Waals surface area contributed by atoms with Gasteiger partial charge < -0.3 is 15.4 Å². The highest BCUT2D eigenvalue weighted by atomic mass is 16.5. The summed E-state index contributed by atoms with van der Waals surface area (Å²) in [5.41, 5.74) is 5.88. The lowest BCUT2D eigenvalue weighted by molar-refractivity contribution is 0.414. The molecule has 0 unspecified atom stereocenters. The summed E-state index contributed by atoms with van der Waals surface area (Å²) in [4.78, 5) is 8.36. The van der Waals surface area contributed by atoms with E-state index in [-0.39, 0.29) is 0 Å². The highest BCUT2D eigenvalue weighted by Gasteiger charge is 2.07. The largest absolute Gasteiger partial charge is 0.497 e. The Morgan fingerprint density at radius 3 is 2.52 bits per heavy atom. The van der Waals surface area contributed by atoms with Crippen molar-refractivity contribution in [3.05, 3.63) is 102 Å². The predicted molar refractivity (Wildman–Crippen MR) is 131 cm³/mol. The zero-order valence-corrected chi connectivity index (χ0v) is 18.9. The van der Waals surface area contributed by atoms with Crippen LogP contribution in [0, 0.1) is 0 Å². The van der Waals surface area contributed by atoms with Gasteiger partial charge in [-0.1, -0.05) is 60.7 Å². The number of methoxy groups -OCH3 is 1. The lowest BCUT2D eigenvalue weighted by Gasteiger charge is -2.15. The highest BCUT2D eigenvalue weighted by molar-refractivity contribution is 5.80. The Balaban J connectivity index is 1.39. The van der Waals surface area contributed by atoms with Crippen LogP contribution in [-0.2, 0) is 19.6 Å². The summed E-state index contributed by atoms with van der Waals surface area (Å²) < 4.78 is 7.12. The van der Waals surface area contributed by atoms with Gasteiger partial charge in [-0.25, -0.2) is 9.67 Å². The number of rotatable bonds is 8. The van der Waals surface area contributed by atoms with Gasteiger partial charge in [0.1, 0.15) is 18.4 Å². The molecule has 1 heterocycles. The number of nitrogens with zero attached hydrogens (tertiary/aromatic N) is 4. The van der Waals surface area contributed by atoms with E-state index in [1.807, 2.05) is 22.9 Å². The second-order valence-electron chi connectivity index (χ2n) is 7.58. The molecule has 0 aliphatic carbocycles. The molecule has 0 fully saturated rings. The van der Waals surface area contributed by atoms with E-state index in [1.165, 1.54) is 22.3 Å². The molecule has 168 valence electrons. The highest BCUT2D eigenvalue weighted by Crippen LogP contribution is 2.24. The standard InChI is InChI=1S/C26H28N6O/c1-27-26(29-15-21-6-5-8-24(14-21)33-2)30-16-23-7-3-4-9-25(23)22-12-10-20(11-13-22)17-32-19-28-18-31-32/h3-14,18-19H,15-17H2,1-2H3,(H2,27,29,30). The first-order chi connectivity index (χ1) is 16.2. The number of ether oxygens (including phenoxy) is 1. The van der Waals surface area contributed by atoms with Gasteiger partial charge >= 0.3 is 0 Å². The van der Waals surface area contributed by atoms with Crippen LogP contribution >= 0.6 is 0 Å². The molecule has 0 spiro atoms. The normalized spacial score (nSPS) is 11.3. The van der Waals surface area contributed by atoms with Crippen molar-refractivity contribution in [1.82, 2.24) is 25.4 Å². The Morgan fingerprint density at radius 1 is 0.939 bits per heavy atom. The van der Waals surface area contributed by atoms with Gasteiger partial charge in [-0.15, -0.1) is 0 Å². The van der Waals surface area contributed by atoms with Gasteiger partial charge in [0, 0.05) is 20.1 Å². The fraction of sp³-hybridized carbons (Fsp3) is 0.192. The Morgan fingerprint density at radius 2 is 1.76 bits per heavy atom. The molecule has 0 aliphatic heterocycles. The maximum atomic E-state index is 5.30. The SMILES string of the molecule is CN=C(NCc1cccc(OC)c1)NCc1ccccc1-c1ccc(Cn2cncn2)cc1. The van der Waals surface area contributed by atoms with E-state index < -0.39 is 0 Å². The van der Waals surface area contributed by atoms with Crippen LogP contribution in [0.5, 0.6) is 5.75 Å². The molecule has 4 rings (SSSR count). The van der Waals surface area contributed by atoms with E-state index in [2.05, 4.69) is 80.3 Å². The van der Waals surface area contributed by atoms with Crippen molar-refractivity contribution < 1.29 is 4.74 Å². The zero-order chi connectivity index (χ0) is 22.9. The molecular weight excluding hydrogens is 412 g/mol. The molecule has 0 saturated carbocycles. The molecule has 0 bridgehead atoms. The summed E-state index contributed by atoms with van der Waals surface area (Å²) in [6, 6.07) is 25.0. The zero-order valence-electron chi connectivity index (χ0n) is 18.9. The molecule has 7 nitrogen and oxygen atoms in total. The molecule has 0 atom stereocenters. The van der Waals surface area contributed by atoms with E-state index in [1.54, 1.807) is 26.8 Å². The number of guanidine groups is 1. The first kappa shape index (κ1) is 22.1. The van der Waals surface area contributed by atoms with Crippen LogP contribution in [0.3, 0.4) is 0 Å². The molecule has 3 aromatic carbocycles. The van der Waals surface area contributed by atoms with Crippen LogP contribution in [0.25, 0.3) is 11.1 Å². The van der Waals surface area contributed by atoms with Gasteiger partial charge in [0.25, 0.3) is 0 Å². The fourth-order valence-corrected chi connectivity index (χ4v) is 3.61. The maximum absolute atomic E-state index is 5.30. The molecule has 0 saturated heterocycles. The van der Waals surface area contributed by atoms with Crippen molar-refractivity contribution in [1.29, 1.82) is 0 Å². The lowest BCUT2D eigenvalue weighted by Crippen LogP contribution is -2.36. The Labute approximate surface area is 194 Å². The Kier molecular flexibility index (Phi) is 7.33. The van der Waals surface area contributed by atoms with E-state index in [0.717, 1.165) is 17.3 Å². The lowest BCUT2D eigenvalue weighted by atomic mass is 9.98. The Hall–Kier alpha value is -4.13. The van der Waals surface area contributed by atoms with Crippen LogP contribution in [0.2, 0.25) is 0 Å². The molecule has 1 aromatic heterocycles. The Bertz CT molecular complexity index is 1190. The van der Waals surface area contributed by atoms with Gasteiger partial charge in [-0.05, 0) is 39.9 Å². The van der Waals surface area contributed by atoms with Crippen LogP contribution in [0.1, 0.15) is 16.7 Å². The molecule has 0 amide bonds. The minimum atomic E-state index is 0.658. The number of aromatic nitrogens is 3. The van der Waals surface area contributed by atoms with Crippen LogP contribution in [-0.4, -0.2) is 34.9 Å². The van der Waals surface area contributed by atoms with Crippen molar-refractivity contribution in [2.45, 2.75) is 19.6 Å². The monoisotopic (exact) mass is 440 g/mol. The van der Waals surface area contributed by atoms with E-state index in [9.17, 15) is 0 Å². The average molecular weight is 441 g/mol. The molecule has 0 aliphatic rings. The minimum absolute atomic E-state index is 0.658. The summed E-state index contributed by atoms with van der Waals surface area (Å²) >= 11 is 0. The van der Waals surface area contributed by atoms with Gasteiger partial charge in [0.05, 0.1) is 13.7 Å². The number of hydrogen-bond acceptors (Lipinski definition) is 4. The number of aliphatic imine (C=N–C) groups is 1. The van der Waals surface area contributed by atoms with Gasteiger partial charge in [-0.2, -0.15) is 5.10 Å². The van der Waals surface area contributed by atoms with E-state index >= 15 is 0 Å². The van der Waals surface area contributed by atoms with Gasteiger partial charge in [0.2, 0.25) is 0 Å². The van der Waals surface area contributed by atoms with Crippen molar-refractivity contribution in [2.24, 2.45) is 4.99 Å². The third kappa shape index (κ3) is 5.98. The molecular formula is C26H28N6O. The molecule has 4 aromatic rings. The van der Waals surface area contributed by atoms with Crippen molar-refractivity contribution >= 4 is 5.96 Å². The second-order valence-corrected chi connectivity index (χ2v) is 7.58. The third-order valence-electron chi connectivity index (χ3n) is 5.36. The number of benzene rings is 3. The molecule has 33 heavy (non-hydrogen) atoms. The second kappa shape index (κ2) is 10.9. The third-order valence-corrected chi connectivity index (χ3v) is 5.36. The minimum Gasteiger partial charge on any atom is -0.497 e. The summed E-state index contributed by atoms with van der Waals surface area (Å²) in [7, 11) is 3.45. The summed E-state index contributed by atoms with van der Waals surface area (Å²) in [5.74, 6) is 1.59. The first-order valence-electron chi connectivity index (χ1n) is 10.8. The maximum Gasteiger partial charge on any atom is 0.191 e. The van der Waals surface area contributed by atoms with Crippen molar-refractivity contribution in [2.75, 3.05) is 14.2 Å². The molecule has 0 radical (unpaired) electrons. The fourth-order valence-electron chi connectivity index (χ4n) is 3.61. The smallest absolute Gasteiger partial charge is 0.191 e. The quantitative estimate of drug-likeness (QED) is 0.321. The predicted octanol–water partition coefficient (Wildman–Crippen LogP) is 3.87. The molecule has 2 N–H and O–H groups in total. The van der Waals surface area contributed by atoms with Crippen LogP contribution in [0.15, 0.2) is 90.4 Å². The van der Waals surface area contributed by atoms with Crippen LogP contribution in [0.4, 0.5) is 0 Å². The van der Waals surface area contributed by atoms with Crippen LogP contribution < -0.4 is 15.4 Å². The first-order valence-corrected chi connectivity index (χ1v) is 10.8. The average Bonchev–Trinajstić information content (AvgIpc) is 3.38. The van der Waals surface area contributed by atoms with Gasteiger partial charge in [0.15, 0.2) is 5.96 Å².